The van der Waals surface area contributed by atoms with E-state index in [-0.39, 0.29) is 11.0 Å². The zero-order chi connectivity index (χ0) is 7.56. The van der Waals surface area contributed by atoms with Crippen molar-refractivity contribution in [1.82, 2.24) is 0 Å². The van der Waals surface area contributed by atoms with Crippen molar-refractivity contribution in [2.75, 3.05) is 6.61 Å². The molecule has 1 heterocycles. The predicted molar refractivity (Wildman–Crippen MR) is 35.4 cm³/mol. The van der Waals surface area contributed by atoms with E-state index in [0.717, 1.165) is 13.0 Å². The third-order valence-electron chi connectivity index (χ3n) is 1.76. The largest absolute Gasteiger partial charge is 0.378 e. The van der Waals surface area contributed by atoms with Crippen molar-refractivity contribution >= 4 is 0 Å². The highest BCUT2D eigenvalue weighted by Gasteiger charge is 2.25. The van der Waals surface area contributed by atoms with Gasteiger partial charge in [0, 0.05) is 24.9 Å². The molecule has 0 bridgehead atoms. The molecule has 4 nitrogen and oxygen atoms in total. The summed E-state index contributed by atoms with van der Waals surface area (Å²) in [4.78, 5) is 9.86. The Balaban J connectivity index is 2.16. The lowest BCUT2D eigenvalue weighted by atomic mass is 10.1. The van der Waals surface area contributed by atoms with Crippen LogP contribution < -0.4 is 0 Å². The molecule has 0 radical (unpaired) electrons. The fourth-order valence-corrected chi connectivity index (χ4v) is 0.937. The zero-order valence-electron chi connectivity index (χ0n) is 5.95. The van der Waals surface area contributed by atoms with Gasteiger partial charge in [0.2, 0.25) is 6.04 Å². The zero-order valence-corrected chi connectivity index (χ0v) is 5.95. The summed E-state index contributed by atoms with van der Waals surface area (Å²) < 4.78 is 5.05. The summed E-state index contributed by atoms with van der Waals surface area (Å²) in [6.45, 7) is 2.39. The van der Waals surface area contributed by atoms with E-state index >= 15 is 0 Å². The van der Waals surface area contributed by atoms with Gasteiger partial charge >= 0.3 is 0 Å². The van der Waals surface area contributed by atoms with Crippen LogP contribution in [0.2, 0.25) is 0 Å². The fourth-order valence-electron chi connectivity index (χ4n) is 0.937. The van der Waals surface area contributed by atoms with Crippen LogP contribution in [0, 0.1) is 10.1 Å². The molecule has 2 atom stereocenters. The number of nitro groups is 1. The summed E-state index contributed by atoms with van der Waals surface area (Å²) in [6, 6.07) is -0.453. The molecule has 2 unspecified atom stereocenters. The van der Waals surface area contributed by atoms with Crippen LogP contribution in [0.4, 0.5) is 0 Å². The van der Waals surface area contributed by atoms with Gasteiger partial charge in [0.1, 0.15) is 0 Å². The molecule has 0 amide bonds. The van der Waals surface area contributed by atoms with Gasteiger partial charge in [-0.1, -0.05) is 0 Å². The quantitative estimate of drug-likeness (QED) is 0.436. The number of hydrogen-bond acceptors (Lipinski definition) is 3. The van der Waals surface area contributed by atoms with E-state index in [0.29, 0.717) is 6.42 Å². The van der Waals surface area contributed by atoms with Crippen molar-refractivity contribution in [2.24, 2.45) is 0 Å². The minimum absolute atomic E-state index is 0.153. The molecule has 4 heteroatoms. The third-order valence-corrected chi connectivity index (χ3v) is 1.76. The highest BCUT2D eigenvalue weighted by atomic mass is 16.6. The van der Waals surface area contributed by atoms with E-state index < -0.39 is 6.04 Å². The predicted octanol–water partition coefficient (Wildman–Crippen LogP) is 0.831. The Labute approximate surface area is 59.3 Å². The summed E-state index contributed by atoms with van der Waals surface area (Å²) >= 11 is 0. The lowest BCUT2D eigenvalue weighted by Gasteiger charge is -2.26. The molecule has 1 rings (SSSR count). The number of rotatable bonds is 3. The maximum Gasteiger partial charge on any atom is 0.212 e. The van der Waals surface area contributed by atoms with E-state index in [4.69, 9.17) is 4.74 Å². The average molecular weight is 145 g/mol. The second kappa shape index (κ2) is 2.96. The SMILES string of the molecule is CC(CC1CCO1)[N+](=O)[O-]. The first-order chi connectivity index (χ1) is 4.70. The Bertz CT molecular complexity index is 133. The normalized spacial score (nSPS) is 27.1. The molecule has 0 aromatic heterocycles. The molecule has 0 aromatic rings. The molecule has 1 aliphatic heterocycles. The van der Waals surface area contributed by atoms with Crippen LogP contribution in [0.25, 0.3) is 0 Å². The van der Waals surface area contributed by atoms with Gasteiger partial charge in [-0.15, -0.1) is 0 Å². The Morgan fingerprint density at radius 3 is 2.80 bits per heavy atom. The molecule has 1 fully saturated rings. The van der Waals surface area contributed by atoms with Crippen LogP contribution in [0.15, 0.2) is 0 Å². The summed E-state index contributed by atoms with van der Waals surface area (Å²) in [6.07, 6.45) is 1.70. The molecule has 1 aliphatic rings. The minimum atomic E-state index is -0.453. The van der Waals surface area contributed by atoms with Crippen LogP contribution in [0.1, 0.15) is 19.8 Å². The Morgan fingerprint density at radius 1 is 1.90 bits per heavy atom. The van der Waals surface area contributed by atoms with E-state index in [9.17, 15) is 10.1 Å². The smallest absolute Gasteiger partial charge is 0.212 e. The maximum absolute atomic E-state index is 10.1. The molecule has 0 N–H and O–H groups in total. The van der Waals surface area contributed by atoms with E-state index in [1.165, 1.54) is 0 Å². The van der Waals surface area contributed by atoms with Crippen LogP contribution >= 0.6 is 0 Å². The van der Waals surface area contributed by atoms with Gasteiger partial charge < -0.3 is 4.74 Å². The van der Waals surface area contributed by atoms with Crippen molar-refractivity contribution in [3.05, 3.63) is 10.1 Å². The topological polar surface area (TPSA) is 52.4 Å². The standard InChI is InChI=1S/C6H11NO3/c1-5(7(8)9)4-6-2-3-10-6/h5-6H,2-4H2,1H3. The summed E-state index contributed by atoms with van der Waals surface area (Å²) in [7, 11) is 0. The average Bonchev–Trinajstić information content (AvgIpc) is 1.77. The molecule has 1 saturated heterocycles. The van der Waals surface area contributed by atoms with Gasteiger partial charge in [0.05, 0.1) is 6.10 Å². The molecule has 0 spiro atoms. The highest BCUT2D eigenvalue weighted by Crippen LogP contribution is 2.17. The van der Waals surface area contributed by atoms with Gasteiger partial charge in [-0.3, -0.25) is 10.1 Å². The van der Waals surface area contributed by atoms with E-state index in [1.807, 2.05) is 0 Å². The summed E-state index contributed by atoms with van der Waals surface area (Å²) in [5.74, 6) is 0. The van der Waals surface area contributed by atoms with Crippen LogP contribution in [0.5, 0.6) is 0 Å². The van der Waals surface area contributed by atoms with Gasteiger partial charge in [-0.05, 0) is 6.42 Å². The summed E-state index contributed by atoms with van der Waals surface area (Å²) in [5, 5.41) is 10.1. The van der Waals surface area contributed by atoms with Gasteiger partial charge in [-0.25, -0.2) is 0 Å². The van der Waals surface area contributed by atoms with Crippen molar-refractivity contribution in [3.63, 3.8) is 0 Å². The number of nitrogens with zero attached hydrogens (tertiary/aromatic N) is 1. The molecule has 0 aromatic carbocycles. The lowest BCUT2D eigenvalue weighted by molar-refractivity contribution is -0.521. The van der Waals surface area contributed by atoms with Gasteiger partial charge in [0.15, 0.2) is 0 Å². The third kappa shape index (κ3) is 1.67. The molecule has 0 aliphatic carbocycles. The number of hydrogen-bond donors (Lipinski definition) is 0. The Morgan fingerprint density at radius 2 is 2.50 bits per heavy atom. The van der Waals surface area contributed by atoms with Crippen molar-refractivity contribution in [1.29, 1.82) is 0 Å². The second-order valence-corrected chi connectivity index (χ2v) is 2.65. The van der Waals surface area contributed by atoms with E-state index in [2.05, 4.69) is 0 Å². The Hall–Kier alpha value is -0.640. The molecular formula is C6H11NO3. The first kappa shape index (κ1) is 7.47. The monoisotopic (exact) mass is 145 g/mol. The van der Waals surface area contributed by atoms with Gasteiger partial charge in [-0.2, -0.15) is 0 Å². The summed E-state index contributed by atoms with van der Waals surface area (Å²) in [5.41, 5.74) is 0. The lowest BCUT2D eigenvalue weighted by Crippen LogP contribution is -2.32. The molecule has 58 valence electrons. The van der Waals surface area contributed by atoms with Crippen molar-refractivity contribution in [3.8, 4) is 0 Å². The molecule has 10 heavy (non-hydrogen) atoms. The highest BCUT2D eigenvalue weighted by molar-refractivity contribution is 4.68. The first-order valence-electron chi connectivity index (χ1n) is 3.45. The van der Waals surface area contributed by atoms with E-state index in [1.54, 1.807) is 6.92 Å². The van der Waals surface area contributed by atoms with Crippen molar-refractivity contribution < 1.29 is 9.66 Å². The van der Waals surface area contributed by atoms with Crippen molar-refractivity contribution in [2.45, 2.75) is 31.9 Å². The maximum atomic E-state index is 10.1. The first-order valence-corrected chi connectivity index (χ1v) is 3.45. The second-order valence-electron chi connectivity index (χ2n) is 2.65. The van der Waals surface area contributed by atoms with Crippen LogP contribution in [-0.2, 0) is 4.74 Å². The molecule has 0 saturated carbocycles. The fraction of sp³-hybridized carbons (Fsp3) is 1.00. The van der Waals surface area contributed by atoms with Crippen LogP contribution in [0.3, 0.4) is 0 Å². The number of ether oxygens (including phenoxy) is 1. The van der Waals surface area contributed by atoms with Crippen LogP contribution in [-0.4, -0.2) is 23.7 Å². The molecular weight excluding hydrogens is 134 g/mol. The Kier molecular flexibility index (Phi) is 2.21. The van der Waals surface area contributed by atoms with Gasteiger partial charge in [0.25, 0.3) is 0 Å². The minimum Gasteiger partial charge on any atom is -0.378 e.